The first kappa shape index (κ1) is 16.4. The molecule has 0 aromatic carbocycles. The zero-order valence-electron chi connectivity index (χ0n) is 8.86. The van der Waals surface area contributed by atoms with E-state index in [2.05, 4.69) is 28.2 Å². The van der Waals surface area contributed by atoms with Crippen LogP contribution in [0.3, 0.4) is 0 Å². The van der Waals surface area contributed by atoms with E-state index in [9.17, 15) is 0 Å². The van der Waals surface area contributed by atoms with Gasteiger partial charge in [-0.15, -0.1) is 0 Å². The molecule has 0 bridgehead atoms. The van der Waals surface area contributed by atoms with Gasteiger partial charge in [0.25, 0.3) is 0 Å². The molecule has 0 spiro atoms. The van der Waals surface area contributed by atoms with Crippen molar-refractivity contribution < 1.29 is 25.9 Å². The van der Waals surface area contributed by atoms with E-state index in [1.54, 1.807) is 0 Å². The fraction of sp³-hybridized carbons (Fsp3) is 1.00. The molecular formula is C8H20BrCl2N2+. The third kappa shape index (κ3) is 8.01. The highest BCUT2D eigenvalue weighted by Gasteiger charge is 2.20. The summed E-state index contributed by atoms with van der Waals surface area (Å²) < 4.78 is 1.69. The fourth-order valence-corrected chi connectivity index (χ4v) is 0.900. The summed E-state index contributed by atoms with van der Waals surface area (Å²) in [6.45, 7) is 2.12. The number of alkyl halides is 2. The van der Waals surface area contributed by atoms with Crippen molar-refractivity contribution in [1.82, 2.24) is 0 Å². The Labute approximate surface area is 102 Å². The van der Waals surface area contributed by atoms with Gasteiger partial charge >= 0.3 is 0 Å². The monoisotopic (exact) mass is 293 g/mol. The van der Waals surface area contributed by atoms with Crippen LogP contribution in [-0.2, 0) is 0 Å². The zero-order chi connectivity index (χ0) is 9.83. The average molecular weight is 295 g/mol. The van der Waals surface area contributed by atoms with Crippen molar-refractivity contribution in [1.29, 1.82) is 0 Å². The molecule has 2 nitrogen and oxygen atoms in total. The van der Waals surface area contributed by atoms with Crippen LogP contribution in [0.1, 0.15) is 0 Å². The Kier molecular flexibility index (Phi) is 8.16. The Morgan fingerprint density at radius 1 is 0.769 bits per heavy atom. The van der Waals surface area contributed by atoms with Gasteiger partial charge in [0.1, 0.15) is 13.1 Å². The number of hydrogen-bond donors (Lipinski definition) is 0. The van der Waals surface area contributed by atoms with Gasteiger partial charge in [-0.3, -0.25) is 0 Å². The highest BCUT2D eigenvalue weighted by atomic mass is 79.9. The maximum atomic E-state index is 5.80. The van der Waals surface area contributed by atoms with Crippen molar-refractivity contribution in [2.24, 2.45) is 0 Å². The number of halogens is 3. The molecular weight excluding hydrogens is 275 g/mol. The van der Waals surface area contributed by atoms with Crippen molar-refractivity contribution in [2.45, 2.75) is 0 Å². The summed E-state index contributed by atoms with van der Waals surface area (Å²) >= 11 is 11.6. The number of rotatable bonds is 5. The first-order valence-electron chi connectivity index (χ1n) is 4.09. The Balaban J connectivity index is 0. The minimum absolute atomic E-state index is 0. The van der Waals surface area contributed by atoms with Gasteiger partial charge in [0.15, 0.2) is 12.0 Å². The summed E-state index contributed by atoms with van der Waals surface area (Å²) in [4.78, 5) is 0. The second-order valence-corrected chi connectivity index (χ2v) is 5.04. The highest BCUT2D eigenvalue weighted by Crippen LogP contribution is 2.04. The van der Waals surface area contributed by atoms with Crippen LogP contribution < -0.4 is 17.0 Å². The molecule has 0 saturated heterocycles. The van der Waals surface area contributed by atoms with Crippen LogP contribution in [0.4, 0.5) is 0 Å². The third-order valence-corrected chi connectivity index (χ3v) is 3.25. The predicted molar refractivity (Wildman–Crippen MR) is 55.4 cm³/mol. The summed E-state index contributed by atoms with van der Waals surface area (Å²) in [6.07, 6.45) is 0. The smallest absolute Gasteiger partial charge is 0.154 e. The number of nitrogens with zero attached hydrogens (tertiary/aromatic N) is 2. The molecule has 0 atom stereocenters. The molecule has 0 radical (unpaired) electrons. The van der Waals surface area contributed by atoms with Crippen LogP contribution in [0.2, 0.25) is 0 Å². The molecule has 0 unspecified atom stereocenters. The second-order valence-electron chi connectivity index (χ2n) is 4.56. The van der Waals surface area contributed by atoms with Crippen LogP contribution in [-0.4, -0.2) is 62.3 Å². The van der Waals surface area contributed by atoms with Gasteiger partial charge in [0.05, 0.1) is 28.2 Å². The lowest BCUT2D eigenvalue weighted by Gasteiger charge is -2.32. The summed E-state index contributed by atoms with van der Waals surface area (Å²) in [5.74, 6) is 0. The lowest BCUT2D eigenvalue weighted by atomic mass is 10.4. The quantitative estimate of drug-likeness (QED) is 0.330. The molecule has 0 amide bonds. The molecule has 0 aliphatic heterocycles. The SMILES string of the molecule is C[N+](C)(CCl)CC[N+](C)(C)CCl.[Br-]. The molecule has 0 fully saturated rings. The van der Waals surface area contributed by atoms with E-state index in [1.807, 2.05) is 0 Å². The van der Waals surface area contributed by atoms with Crippen LogP contribution in [0.5, 0.6) is 0 Å². The van der Waals surface area contributed by atoms with Gasteiger partial charge in [-0.05, 0) is 0 Å². The van der Waals surface area contributed by atoms with Crippen molar-refractivity contribution in [3.05, 3.63) is 0 Å². The summed E-state index contributed by atoms with van der Waals surface area (Å²) in [7, 11) is 8.50. The Bertz CT molecular complexity index is 124. The lowest BCUT2D eigenvalue weighted by molar-refractivity contribution is -0.935. The van der Waals surface area contributed by atoms with E-state index in [0.717, 1.165) is 22.1 Å². The van der Waals surface area contributed by atoms with E-state index in [1.165, 1.54) is 0 Å². The van der Waals surface area contributed by atoms with Crippen molar-refractivity contribution >= 4 is 23.2 Å². The molecule has 0 aromatic rings. The summed E-state index contributed by atoms with van der Waals surface area (Å²) in [5.41, 5.74) is 0. The van der Waals surface area contributed by atoms with Gasteiger partial charge in [-0.1, -0.05) is 23.2 Å². The molecule has 0 saturated carbocycles. The molecule has 0 rings (SSSR count). The van der Waals surface area contributed by atoms with Crippen LogP contribution in [0.15, 0.2) is 0 Å². The van der Waals surface area contributed by atoms with Gasteiger partial charge in [0.2, 0.25) is 0 Å². The molecule has 0 heterocycles. The van der Waals surface area contributed by atoms with E-state index in [0.29, 0.717) is 12.0 Å². The van der Waals surface area contributed by atoms with Crippen molar-refractivity contribution in [3.8, 4) is 0 Å². The maximum Gasteiger partial charge on any atom is 0.154 e. The Morgan fingerprint density at radius 2 is 1.00 bits per heavy atom. The van der Waals surface area contributed by atoms with Gasteiger partial charge < -0.3 is 25.9 Å². The minimum atomic E-state index is 0. The minimum Gasteiger partial charge on any atom is -1.00 e. The lowest BCUT2D eigenvalue weighted by Crippen LogP contribution is -3.00. The molecule has 13 heavy (non-hydrogen) atoms. The van der Waals surface area contributed by atoms with E-state index in [4.69, 9.17) is 23.2 Å². The van der Waals surface area contributed by atoms with Crippen molar-refractivity contribution in [3.63, 3.8) is 0 Å². The predicted octanol–water partition coefficient (Wildman–Crippen LogP) is -1.46. The number of likely N-dealkylation sites (N-methyl/N-ethyl adjacent to an activating group) is 2. The topological polar surface area (TPSA) is 0 Å². The molecule has 0 aromatic heterocycles. The van der Waals surface area contributed by atoms with E-state index in [-0.39, 0.29) is 17.0 Å². The molecule has 0 aliphatic rings. The van der Waals surface area contributed by atoms with Crippen LogP contribution in [0, 0.1) is 0 Å². The standard InChI is InChI=1S/C8H20Cl2N2.BrH/c1-11(2,7-9)5-6-12(3,4)8-10;/h5-8H2,1-4H3;1H/q+2;/p-1. The molecule has 0 N–H and O–H groups in total. The summed E-state index contributed by atoms with van der Waals surface area (Å²) in [5, 5.41) is 0. The largest absolute Gasteiger partial charge is 1.00 e. The Hall–Kier alpha value is 0.980. The zero-order valence-corrected chi connectivity index (χ0v) is 12.0. The summed E-state index contributed by atoms with van der Waals surface area (Å²) in [6, 6.07) is 1.31. The molecule has 0 aliphatic carbocycles. The molecule has 5 heteroatoms. The van der Waals surface area contributed by atoms with Crippen LogP contribution in [0.25, 0.3) is 0 Å². The van der Waals surface area contributed by atoms with Gasteiger partial charge in [-0.25, -0.2) is 0 Å². The van der Waals surface area contributed by atoms with Gasteiger partial charge in [-0.2, -0.15) is 0 Å². The normalized spacial score (nSPS) is 12.5. The van der Waals surface area contributed by atoms with E-state index >= 15 is 0 Å². The van der Waals surface area contributed by atoms with Crippen LogP contribution >= 0.6 is 23.2 Å². The number of hydrogen-bond acceptors (Lipinski definition) is 0. The average Bonchev–Trinajstić information content (AvgIpc) is 2.02. The van der Waals surface area contributed by atoms with Gasteiger partial charge in [0, 0.05) is 0 Å². The Morgan fingerprint density at radius 3 is 1.15 bits per heavy atom. The first-order valence-corrected chi connectivity index (χ1v) is 5.16. The first-order chi connectivity index (χ1) is 5.33. The highest BCUT2D eigenvalue weighted by molar-refractivity contribution is 6.17. The van der Waals surface area contributed by atoms with E-state index < -0.39 is 0 Å². The maximum absolute atomic E-state index is 5.80. The molecule has 82 valence electrons. The number of quaternary nitrogens is 2. The third-order valence-electron chi connectivity index (χ3n) is 1.96. The fourth-order valence-electron chi connectivity index (χ4n) is 0.661. The van der Waals surface area contributed by atoms with Crippen molar-refractivity contribution in [2.75, 3.05) is 53.3 Å². The second kappa shape index (κ2) is 6.46.